The molecule has 3 unspecified atom stereocenters. The highest BCUT2D eigenvalue weighted by molar-refractivity contribution is 5.95. The maximum Gasteiger partial charge on any atom is 0.310 e. The molecule has 2 N–H and O–H groups in total. The molecule has 3 atom stereocenters. The van der Waals surface area contributed by atoms with Gasteiger partial charge in [-0.25, -0.2) is 4.98 Å². The van der Waals surface area contributed by atoms with Crippen LogP contribution in [0.15, 0.2) is 36.9 Å². The second-order valence-electron chi connectivity index (χ2n) is 13.7. The highest BCUT2D eigenvalue weighted by atomic mass is 16.5. The van der Waals surface area contributed by atoms with E-state index in [9.17, 15) is 14.4 Å². The summed E-state index contributed by atoms with van der Waals surface area (Å²) < 4.78 is 15.6. The Morgan fingerprint density at radius 2 is 1.53 bits per heavy atom. The first kappa shape index (κ1) is 35.6. The van der Waals surface area contributed by atoms with E-state index in [1.54, 1.807) is 0 Å². The van der Waals surface area contributed by atoms with Crippen LogP contribution in [-0.2, 0) is 40.4 Å². The number of fused-ring (bicyclic) bond motifs is 11. The molecule has 6 rings (SSSR count). The average Bonchev–Trinajstić information content (AvgIpc) is 3.77. The maximum absolute atomic E-state index is 13.7. The molecular weight excluding hydrogens is 644 g/mol. The Morgan fingerprint density at radius 1 is 0.863 bits per heavy atom. The van der Waals surface area contributed by atoms with Gasteiger partial charge < -0.3 is 24.2 Å². The number of esters is 3. The number of allylic oxidation sites excluding steroid dienone is 4. The largest absolute Gasteiger partial charge is 0.469 e. The molecule has 8 bridgehead atoms. The standard InChI is InChI=1S/C41H46N4O6/c1-10-12-25-22(4)31-20-36-41(6)28(15-13-27(39(47)50-8)38(41)40(48)51-9)35(45-36)18-30-21(3)24(11-2)32(42-30)17-29-23(5)26(14-16-37(46)49-7)34(43-29)19-33(25)44-31/h11,15,17-20,27,38,42,44H,2,10,12-14,16H2,1,3-9H3. The molecule has 266 valence electrons. The molecule has 5 heterocycles. The van der Waals surface area contributed by atoms with E-state index in [-0.39, 0.29) is 12.4 Å². The van der Waals surface area contributed by atoms with Crippen molar-refractivity contribution in [3.05, 3.63) is 81.9 Å². The van der Waals surface area contributed by atoms with Crippen molar-refractivity contribution in [2.75, 3.05) is 21.3 Å². The van der Waals surface area contributed by atoms with Gasteiger partial charge >= 0.3 is 17.9 Å². The van der Waals surface area contributed by atoms with Gasteiger partial charge in [0.2, 0.25) is 0 Å². The van der Waals surface area contributed by atoms with Crippen LogP contribution in [0, 0.1) is 25.7 Å². The summed E-state index contributed by atoms with van der Waals surface area (Å²) in [6, 6.07) is 8.11. The lowest BCUT2D eigenvalue weighted by molar-refractivity contribution is -0.160. The Morgan fingerprint density at radius 3 is 2.20 bits per heavy atom. The lowest BCUT2D eigenvalue weighted by Gasteiger charge is -2.40. The van der Waals surface area contributed by atoms with Gasteiger partial charge in [0.1, 0.15) is 0 Å². The van der Waals surface area contributed by atoms with Crippen LogP contribution in [0.3, 0.4) is 0 Å². The first-order valence-corrected chi connectivity index (χ1v) is 17.4. The lowest BCUT2D eigenvalue weighted by Crippen LogP contribution is -2.47. The van der Waals surface area contributed by atoms with E-state index in [0.29, 0.717) is 24.2 Å². The number of rotatable bonds is 8. The van der Waals surface area contributed by atoms with E-state index in [0.717, 1.165) is 85.3 Å². The summed E-state index contributed by atoms with van der Waals surface area (Å²) >= 11 is 0. The predicted octanol–water partition coefficient (Wildman–Crippen LogP) is 7.73. The monoisotopic (exact) mass is 690 g/mol. The number of ether oxygens (including phenoxy) is 3. The zero-order chi connectivity index (χ0) is 36.8. The van der Waals surface area contributed by atoms with Gasteiger partial charge in [0, 0.05) is 34.1 Å². The number of aromatic amines is 2. The summed E-state index contributed by atoms with van der Waals surface area (Å²) in [6.07, 6.45) is 6.59. The molecule has 1 aliphatic carbocycles. The number of methoxy groups -OCH3 is 3. The molecule has 0 amide bonds. The van der Waals surface area contributed by atoms with Gasteiger partial charge in [-0.1, -0.05) is 32.1 Å². The maximum atomic E-state index is 13.7. The van der Waals surface area contributed by atoms with E-state index in [1.165, 1.54) is 21.3 Å². The second-order valence-corrected chi connectivity index (χ2v) is 13.7. The molecule has 0 spiro atoms. The van der Waals surface area contributed by atoms with Crippen LogP contribution in [0.4, 0.5) is 0 Å². The van der Waals surface area contributed by atoms with E-state index >= 15 is 0 Å². The Bertz CT molecular complexity index is 2200. The zero-order valence-electron chi connectivity index (χ0n) is 30.7. The van der Waals surface area contributed by atoms with Crippen LogP contribution in [0.2, 0.25) is 0 Å². The minimum absolute atomic E-state index is 0.230. The third-order valence-electron chi connectivity index (χ3n) is 11.0. The normalized spacial score (nSPS) is 19.6. The molecule has 51 heavy (non-hydrogen) atoms. The van der Waals surface area contributed by atoms with Gasteiger partial charge in [0.05, 0.1) is 61.4 Å². The van der Waals surface area contributed by atoms with Crippen molar-refractivity contribution >= 4 is 62.8 Å². The van der Waals surface area contributed by atoms with Crippen molar-refractivity contribution in [1.82, 2.24) is 19.9 Å². The molecule has 0 fully saturated rings. The molecule has 3 aromatic heterocycles. The van der Waals surface area contributed by atoms with E-state index < -0.39 is 29.2 Å². The Kier molecular flexibility index (Phi) is 9.63. The number of carbonyl (C=O) groups is 3. The fourth-order valence-electron chi connectivity index (χ4n) is 8.11. The van der Waals surface area contributed by atoms with Crippen molar-refractivity contribution in [3.63, 3.8) is 0 Å². The Labute approximate surface area is 298 Å². The molecule has 3 aromatic rings. The number of carbonyl (C=O) groups excluding carboxylic acids is 3. The number of nitrogens with one attached hydrogen (secondary N) is 2. The Balaban J connectivity index is 1.76. The van der Waals surface area contributed by atoms with Crippen molar-refractivity contribution in [2.45, 2.75) is 72.1 Å². The molecule has 0 saturated carbocycles. The minimum Gasteiger partial charge on any atom is -0.469 e. The third-order valence-corrected chi connectivity index (χ3v) is 11.0. The minimum atomic E-state index is -1.01. The highest BCUT2D eigenvalue weighted by Gasteiger charge is 2.56. The molecule has 2 aliphatic heterocycles. The van der Waals surface area contributed by atoms with Gasteiger partial charge in [-0.3, -0.25) is 19.4 Å². The molecule has 10 heteroatoms. The topological polar surface area (TPSA) is 136 Å². The van der Waals surface area contributed by atoms with Gasteiger partial charge in [-0.05, 0) is 105 Å². The summed E-state index contributed by atoms with van der Waals surface area (Å²) in [4.78, 5) is 56.8. The fraction of sp³-hybridized carbons (Fsp3) is 0.390. The first-order chi connectivity index (χ1) is 24.4. The van der Waals surface area contributed by atoms with Crippen LogP contribution in [-0.4, -0.2) is 59.2 Å². The SMILES string of the molecule is C=Cc1c(C)c2cc3nc(cc4[nH]c(cc5nc(cc1[nH]2)C(C)=C5CCC(=O)OC)c(CCC)c4C)C1(C)C3=CCC(C(=O)OC)C1C(=O)OC. The lowest BCUT2D eigenvalue weighted by atomic mass is 9.61. The second kappa shape index (κ2) is 13.8. The van der Waals surface area contributed by atoms with Gasteiger partial charge in [-0.2, -0.15) is 0 Å². The van der Waals surface area contributed by atoms with Crippen molar-refractivity contribution in [3.8, 4) is 0 Å². The van der Waals surface area contributed by atoms with Gasteiger partial charge in [0.15, 0.2) is 0 Å². The molecule has 0 saturated heterocycles. The summed E-state index contributed by atoms with van der Waals surface area (Å²) in [5.74, 6) is -2.87. The summed E-state index contributed by atoms with van der Waals surface area (Å²) in [5.41, 5.74) is 12.3. The average molecular weight is 691 g/mol. The molecular formula is C41H46N4O6. The zero-order valence-corrected chi connectivity index (χ0v) is 30.7. The number of hydrogen-bond donors (Lipinski definition) is 2. The smallest absolute Gasteiger partial charge is 0.310 e. The first-order valence-electron chi connectivity index (χ1n) is 17.4. The van der Waals surface area contributed by atoms with E-state index in [1.807, 2.05) is 51.1 Å². The summed E-state index contributed by atoms with van der Waals surface area (Å²) in [7, 11) is 4.09. The van der Waals surface area contributed by atoms with Crippen molar-refractivity contribution in [1.29, 1.82) is 0 Å². The van der Waals surface area contributed by atoms with Crippen LogP contribution in [0.25, 0.3) is 44.9 Å². The highest BCUT2D eigenvalue weighted by Crippen LogP contribution is 2.54. The quantitative estimate of drug-likeness (QED) is 0.181. The van der Waals surface area contributed by atoms with Crippen LogP contribution in [0.5, 0.6) is 0 Å². The van der Waals surface area contributed by atoms with E-state index in [2.05, 4.69) is 36.5 Å². The number of aryl methyl sites for hydroxylation is 3. The van der Waals surface area contributed by atoms with Crippen LogP contribution < -0.4 is 0 Å². The molecule has 0 aromatic carbocycles. The molecule has 0 radical (unpaired) electrons. The van der Waals surface area contributed by atoms with E-state index in [4.69, 9.17) is 24.2 Å². The van der Waals surface area contributed by atoms with Gasteiger partial charge in [-0.15, -0.1) is 0 Å². The summed E-state index contributed by atoms with van der Waals surface area (Å²) in [5, 5.41) is 0. The summed E-state index contributed by atoms with van der Waals surface area (Å²) in [6.45, 7) is 14.4. The van der Waals surface area contributed by atoms with Crippen LogP contribution in [0.1, 0.15) is 91.5 Å². The fourth-order valence-corrected chi connectivity index (χ4v) is 8.11. The number of nitrogens with zero attached hydrogens (tertiary/aromatic N) is 2. The Hall–Kier alpha value is -5.25. The van der Waals surface area contributed by atoms with Gasteiger partial charge in [0.25, 0.3) is 0 Å². The van der Waals surface area contributed by atoms with Crippen molar-refractivity contribution in [2.24, 2.45) is 11.8 Å². The third kappa shape index (κ3) is 5.90. The predicted molar refractivity (Wildman–Crippen MR) is 199 cm³/mol. The van der Waals surface area contributed by atoms with Crippen molar-refractivity contribution < 1.29 is 28.6 Å². The number of aromatic nitrogens is 4. The molecule has 10 nitrogen and oxygen atoms in total. The van der Waals surface area contributed by atoms with Crippen LogP contribution >= 0.6 is 0 Å². The number of hydrogen-bond acceptors (Lipinski definition) is 8. The number of H-pyrrole nitrogens is 2. The molecule has 3 aliphatic rings.